The predicted molar refractivity (Wildman–Crippen MR) is 73.0 cm³/mol. The zero-order valence-electron chi connectivity index (χ0n) is 11.9. The van der Waals surface area contributed by atoms with E-state index >= 15 is 0 Å². The van der Waals surface area contributed by atoms with Gasteiger partial charge in [-0.25, -0.2) is 9.69 Å². The summed E-state index contributed by atoms with van der Waals surface area (Å²) in [6.07, 6.45) is -1.42. The average molecular weight is 277 g/mol. The fraction of sp³-hybridized carbons (Fsp3) is 0.467. The number of rotatable bonds is 3. The fourth-order valence-electron chi connectivity index (χ4n) is 2.40. The lowest BCUT2D eigenvalue weighted by Gasteiger charge is -2.28. The van der Waals surface area contributed by atoms with Crippen LogP contribution in [0.15, 0.2) is 30.3 Å². The van der Waals surface area contributed by atoms with Crippen LogP contribution in [0.4, 0.5) is 4.79 Å². The van der Waals surface area contributed by atoms with E-state index in [9.17, 15) is 14.7 Å². The molecule has 1 aromatic carbocycles. The molecule has 5 heteroatoms. The number of aliphatic hydroxyl groups is 1. The van der Waals surface area contributed by atoms with Crippen LogP contribution in [-0.2, 0) is 16.0 Å². The standard InChI is InChI=1S/C15H19NO4/c1-10(17)13(18)16-12(15(2,3)20-14(16)19)9-11-7-5-4-6-8-11/h4-8,10,12,17H,9H2,1-3H3/t10-,12-/m0/s1. The summed E-state index contributed by atoms with van der Waals surface area (Å²) >= 11 is 0. The van der Waals surface area contributed by atoms with E-state index in [-0.39, 0.29) is 0 Å². The van der Waals surface area contributed by atoms with Crippen molar-refractivity contribution in [1.82, 2.24) is 4.90 Å². The second-order valence-electron chi connectivity index (χ2n) is 5.56. The Kier molecular flexibility index (Phi) is 3.81. The molecule has 2 amide bonds. The van der Waals surface area contributed by atoms with Crippen molar-refractivity contribution < 1.29 is 19.4 Å². The van der Waals surface area contributed by atoms with Crippen molar-refractivity contribution in [2.24, 2.45) is 0 Å². The molecule has 1 saturated heterocycles. The lowest BCUT2D eigenvalue weighted by molar-refractivity contribution is -0.137. The number of ether oxygens (including phenoxy) is 1. The van der Waals surface area contributed by atoms with Gasteiger partial charge in [-0.2, -0.15) is 0 Å². The molecular formula is C15H19NO4. The first kappa shape index (κ1) is 14.5. The molecule has 0 saturated carbocycles. The first-order chi connectivity index (χ1) is 9.33. The summed E-state index contributed by atoms with van der Waals surface area (Å²) in [5.74, 6) is -0.624. The number of amides is 2. The summed E-state index contributed by atoms with van der Waals surface area (Å²) in [5.41, 5.74) is 0.226. The van der Waals surface area contributed by atoms with E-state index in [2.05, 4.69) is 0 Å². The van der Waals surface area contributed by atoms with Gasteiger partial charge in [0.15, 0.2) is 0 Å². The van der Waals surface area contributed by atoms with Crippen molar-refractivity contribution in [1.29, 1.82) is 0 Å². The third-order valence-electron chi connectivity index (χ3n) is 3.53. The monoisotopic (exact) mass is 277 g/mol. The van der Waals surface area contributed by atoms with Crippen molar-refractivity contribution in [3.8, 4) is 0 Å². The quantitative estimate of drug-likeness (QED) is 0.913. The normalized spacial score (nSPS) is 22.5. The van der Waals surface area contributed by atoms with Crippen LogP contribution >= 0.6 is 0 Å². The smallest absolute Gasteiger partial charge is 0.417 e. The van der Waals surface area contributed by atoms with Gasteiger partial charge in [0.05, 0.1) is 6.04 Å². The highest BCUT2D eigenvalue weighted by atomic mass is 16.6. The second kappa shape index (κ2) is 5.25. The summed E-state index contributed by atoms with van der Waals surface area (Å²) in [7, 11) is 0. The number of benzene rings is 1. The van der Waals surface area contributed by atoms with Gasteiger partial charge in [0.2, 0.25) is 0 Å². The van der Waals surface area contributed by atoms with Crippen LogP contribution in [0, 0.1) is 0 Å². The SMILES string of the molecule is C[C@H](O)C(=O)N1C(=O)OC(C)(C)[C@@H]1Cc1ccccc1. The van der Waals surface area contributed by atoms with Crippen LogP contribution in [0.25, 0.3) is 0 Å². The minimum Gasteiger partial charge on any atom is -0.441 e. The Morgan fingerprint density at radius 3 is 2.55 bits per heavy atom. The Bertz CT molecular complexity index is 510. The molecule has 108 valence electrons. The number of aliphatic hydroxyl groups excluding tert-OH is 1. The first-order valence-corrected chi connectivity index (χ1v) is 6.61. The third-order valence-corrected chi connectivity index (χ3v) is 3.53. The molecule has 1 aliphatic rings. The molecule has 2 rings (SSSR count). The molecule has 0 spiro atoms. The van der Waals surface area contributed by atoms with Crippen molar-refractivity contribution in [2.45, 2.75) is 44.9 Å². The molecule has 1 aliphatic heterocycles. The van der Waals surface area contributed by atoms with Gasteiger partial charge >= 0.3 is 6.09 Å². The predicted octanol–water partition coefficient (Wildman–Crippen LogP) is 1.74. The van der Waals surface area contributed by atoms with Crippen molar-refractivity contribution in [3.05, 3.63) is 35.9 Å². The lowest BCUT2D eigenvalue weighted by atomic mass is 9.92. The first-order valence-electron chi connectivity index (χ1n) is 6.61. The van der Waals surface area contributed by atoms with E-state index in [0.717, 1.165) is 10.5 Å². The number of hydrogen-bond donors (Lipinski definition) is 1. The molecule has 0 aromatic heterocycles. The van der Waals surface area contributed by atoms with Crippen molar-refractivity contribution in [3.63, 3.8) is 0 Å². The van der Waals surface area contributed by atoms with Crippen LogP contribution in [0.5, 0.6) is 0 Å². The van der Waals surface area contributed by atoms with Gasteiger partial charge < -0.3 is 9.84 Å². The minimum atomic E-state index is -1.23. The average Bonchev–Trinajstić information content (AvgIpc) is 2.59. The lowest BCUT2D eigenvalue weighted by Crippen LogP contribution is -2.49. The molecule has 0 bridgehead atoms. The topological polar surface area (TPSA) is 66.8 Å². The van der Waals surface area contributed by atoms with Gasteiger partial charge in [0, 0.05) is 0 Å². The molecule has 0 aliphatic carbocycles. The number of hydrogen-bond acceptors (Lipinski definition) is 4. The second-order valence-corrected chi connectivity index (χ2v) is 5.56. The molecule has 5 nitrogen and oxygen atoms in total. The van der Waals surface area contributed by atoms with E-state index in [1.165, 1.54) is 6.92 Å². The zero-order valence-corrected chi connectivity index (χ0v) is 11.9. The highest BCUT2D eigenvalue weighted by Gasteiger charge is 2.51. The zero-order chi connectivity index (χ0) is 14.9. The summed E-state index contributed by atoms with van der Waals surface area (Å²) in [4.78, 5) is 25.0. The summed E-state index contributed by atoms with van der Waals surface area (Å²) < 4.78 is 5.27. The Balaban J connectivity index is 2.30. The molecular weight excluding hydrogens is 258 g/mol. The third kappa shape index (κ3) is 2.67. The molecule has 1 aromatic rings. The number of carbonyl (C=O) groups is 2. The Morgan fingerprint density at radius 1 is 1.40 bits per heavy atom. The van der Waals surface area contributed by atoms with Crippen molar-refractivity contribution in [2.75, 3.05) is 0 Å². The van der Waals surface area contributed by atoms with Crippen LogP contribution in [0.2, 0.25) is 0 Å². The van der Waals surface area contributed by atoms with E-state index in [1.807, 2.05) is 30.3 Å². The van der Waals surface area contributed by atoms with Gasteiger partial charge in [0.25, 0.3) is 5.91 Å². The fourth-order valence-corrected chi connectivity index (χ4v) is 2.40. The molecule has 0 unspecified atom stereocenters. The molecule has 2 atom stereocenters. The summed E-state index contributed by atoms with van der Waals surface area (Å²) in [6, 6.07) is 9.15. The van der Waals surface area contributed by atoms with E-state index in [1.54, 1.807) is 13.8 Å². The Hall–Kier alpha value is -1.88. The Labute approximate surface area is 118 Å². The van der Waals surface area contributed by atoms with Gasteiger partial charge in [-0.1, -0.05) is 30.3 Å². The molecule has 1 heterocycles. The Morgan fingerprint density at radius 2 is 2.00 bits per heavy atom. The van der Waals surface area contributed by atoms with Gasteiger partial charge in [-0.3, -0.25) is 4.79 Å². The maximum atomic E-state index is 12.0. The van der Waals surface area contributed by atoms with Crippen LogP contribution < -0.4 is 0 Å². The number of cyclic esters (lactones) is 1. The molecule has 20 heavy (non-hydrogen) atoms. The van der Waals surface area contributed by atoms with Crippen molar-refractivity contribution >= 4 is 12.0 Å². The van der Waals surface area contributed by atoms with Gasteiger partial charge in [-0.15, -0.1) is 0 Å². The number of imide groups is 1. The van der Waals surface area contributed by atoms with Crippen LogP contribution in [0.3, 0.4) is 0 Å². The molecule has 0 radical (unpaired) electrons. The highest BCUT2D eigenvalue weighted by molar-refractivity contribution is 5.96. The maximum absolute atomic E-state index is 12.0. The maximum Gasteiger partial charge on any atom is 0.417 e. The van der Waals surface area contributed by atoms with Gasteiger partial charge in [0.1, 0.15) is 11.7 Å². The van der Waals surface area contributed by atoms with Crippen LogP contribution in [-0.4, -0.2) is 39.8 Å². The minimum absolute atomic E-state index is 0.431. The number of nitrogens with zero attached hydrogens (tertiary/aromatic N) is 1. The van der Waals surface area contributed by atoms with Gasteiger partial charge in [-0.05, 0) is 32.8 Å². The summed E-state index contributed by atoms with van der Waals surface area (Å²) in [6.45, 7) is 4.89. The largest absolute Gasteiger partial charge is 0.441 e. The molecule has 1 fully saturated rings. The highest BCUT2D eigenvalue weighted by Crippen LogP contribution is 2.32. The van der Waals surface area contributed by atoms with E-state index in [4.69, 9.17) is 4.74 Å². The van der Waals surface area contributed by atoms with E-state index < -0.39 is 29.7 Å². The molecule has 1 N–H and O–H groups in total. The van der Waals surface area contributed by atoms with Crippen LogP contribution in [0.1, 0.15) is 26.3 Å². The summed E-state index contributed by atoms with van der Waals surface area (Å²) in [5, 5.41) is 9.45. The van der Waals surface area contributed by atoms with E-state index in [0.29, 0.717) is 6.42 Å². The number of carbonyl (C=O) groups excluding carboxylic acids is 2.